The summed E-state index contributed by atoms with van der Waals surface area (Å²) < 4.78 is 41.6. The van der Waals surface area contributed by atoms with E-state index >= 15 is 0 Å². The van der Waals surface area contributed by atoms with Crippen LogP contribution in [-0.2, 0) is 0 Å². The molecule has 0 aromatic carbocycles. The lowest BCUT2D eigenvalue weighted by atomic mass is 9.85. The second kappa shape index (κ2) is 9.47. The highest BCUT2D eigenvalue weighted by atomic mass is 127. The monoisotopic (exact) mass is 453 g/mol. The summed E-state index contributed by atoms with van der Waals surface area (Å²) in [6, 6.07) is 0. The van der Waals surface area contributed by atoms with Gasteiger partial charge in [-0.2, -0.15) is 13.2 Å². The molecule has 0 fully saturated rings. The Bertz CT molecular complexity index is 597. The summed E-state index contributed by atoms with van der Waals surface area (Å²) in [5.74, 6) is -1.78. The summed E-state index contributed by atoms with van der Waals surface area (Å²) >= 11 is 6.13. The maximum atomic E-state index is 13.5. The van der Waals surface area contributed by atoms with Gasteiger partial charge in [0.15, 0.2) is 0 Å². The van der Waals surface area contributed by atoms with Crippen molar-refractivity contribution in [3.05, 3.63) is 68.3 Å². The van der Waals surface area contributed by atoms with Crippen molar-refractivity contribution in [3.63, 3.8) is 0 Å². The van der Waals surface area contributed by atoms with Gasteiger partial charge in [-0.3, -0.25) is 0 Å². The Hall–Kier alpha value is -0.825. The zero-order valence-electron chi connectivity index (χ0n) is 13.3. The first-order valence-electron chi connectivity index (χ1n) is 6.68. The van der Waals surface area contributed by atoms with Crippen molar-refractivity contribution in [2.75, 3.05) is 0 Å². The molecular formula is C16H20BF3INS. The van der Waals surface area contributed by atoms with E-state index in [0.29, 0.717) is 4.91 Å². The Balaban J connectivity index is 6.19. The van der Waals surface area contributed by atoms with Gasteiger partial charge in [0, 0.05) is 10.6 Å². The highest BCUT2D eigenvalue weighted by molar-refractivity contribution is 14.1. The van der Waals surface area contributed by atoms with E-state index in [0.717, 1.165) is 9.05 Å². The topological polar surface area (TPSA) is 26.0 Å². The number of hydrogen-bond acceptors (Lipinski definition) is 2. The van der Waals surface area contributed by atoms with Crippen LogP contribution in [0.4, 0.5) is 13.2 Å². The van der Waals surface area contributed by atoms with Crippen molar-refractivity contribution < 1.29 is 13.2 Å². The zero-order valence-corrected chi connectivity index (χ0v) is 16.4. The van der Waals surface area contributed by atoms with Gasteiger partial charge in [-0.1, -0.05) is 65.0 Å². The molecule has 0 aromatic heterocycles. The Morgan fingerprint density at radius 1 is 1.22 bits per heavy atom. The molecule has 0 amide bonds. The number of rotatable bonds is 6. The van der Waals surface area contributed by atoms with Crippen LogP contribution in [0.15, 0.2) is 68.3 Å². The van der Waals surface area contributed by atoms with Crippen LogP contribution in [0.1, 0.15) is 13.8 Å². The van der Waals surface area contributed by atoms with Crippen molar-refractivity contribution in [1.82, 2.24) is 0 Å². The van der Waals surface area contributed by atoms with Gasteiger partial charge in [-0.05, 0) is 29.1 Å². The molecule has 0 heterocycles. The average Bonchev–Trinajstić information content (AvgIpc) is 2.43. The fourth-order valence-corrected chi connectivity index (χ4v) is 2.06. The molecule has 0 radical (unpaired) electrons. The molecule has 0 aromatic rings. The van der Waals surface area contributed by atoms with Gasteiger partial charge in [-0.15, -0.1) is 12.6 Å². The van der Waals surface area contributed by atoms with Crippen LogP contribution in [0.25, 0.3) is 0 Å². The standard InChI is InChI=1S/C16H20BF3INS/c1-5-11(8-12(17)10(4)21)15(16(18,19)20)9(3)7-13(22)14(23)6-2/h5-8,15,23H,1-2,17,22H2,3-4H3/b9-7+,11-8+,12-10-,14-13-. The van der Waals surface area contributed by atoms with Crippen LogP contribution in [-0.4, -0.2) is 14.0 Å². The van der Waals surface area contributed by atoms with E-state index in [9.17, 15) is 13.2 Å². The zero-order chi connectivity index (χ0) is 18.4. The summed E-state index contributed by atoms with van der Waals surface area (Å²) in [6.07, 6.45) is 0.926. The predicted octanol–water partition coefficient (Wildman–Crippen LogP) is 4.81. The van der Waals surface area contributed by atoms with E-state index in [4.69, 9.17) is 5.73 Å². The maximum Gasteiger partial charge on any atom is 0.399 e. The molecule has 7 heteroatoms. The lowest BCUT2D eigenvalue weighted by Crippen LogP contribution is -2.26. The third-order valence-corrected chi connectivity index (χ3v) is 4.44. The second-order valence-corrected chi connectivity index (χ2v) is 7.07. The van der Waals surface area contributed by atoms with Crippen LogP contribution in [0.2, 0.25) is 0 Å². The molecular weight excluding hydrogens is 433 g/mol. The largest absolute Gasteiger partial charge is 0.399 e. The van der Waals surface area contributed by atoms with Gasteiger partial charge >= 0.3 is 6.18 Å². The van der Waals surface area contributed by atoms with Crippen molar-refractivity contribution in [3.8, 4) is 0 Å². The lowest BCUT2D eigenvalue weighted by molar-refractivity contribution is -0.153. The molecule has 0 aliphatic rings. The predicted molar refractivity (Wildman–Crippen MR) is 107 cm³/mol. The van der Waals surface area contributed by atoms with Crippen LogP contribution in [0.3, 0.4) is 0 Å². The van der Waals surface area contributed by atoms with Gasteiger partial charge < -0.3 is 5.73 Å². The van der Waals surface area contributed by atoms with Gasteiger partial charge in [0.1, 0.15) is 13.8 Å². The van der Waals surface area contributed by atoms with E-state index in [1.807, 2.05) is 6.92 Å². The average molecular weight is 453 g/mol. The highest BCUT2D eigenvalue weighted by Crippen LogP contribution is 2.38. The molecule has 23 heavy (non-hydrogen) atoms. The summed E-state index contributed by atoms with van der Waals surface area (Å²) in [6.45, 7) is 10.2. The number of alkyl halides is 3. The Labute approximate surface area is 155 Å². The first kappa shape index (κ1) is 22.2. The third-order valence-electron chi connectivity index (χ3n) is 3.15. The number of halogens is 4. The molecule has 126 valence electrons. The molecule has 0 bridgehead atoms. The second-order valence-electron chi connectivity index (χ2n) is 4.97. The molecule has 0 spiro atoms. The summed E-state index contributed by atoms with van der Waals surface area (Å²) in [5, 5.41) is 0. The minimum absolute atomic E-state index is 0.0634. The van der Waals surface area contributed by atoms with Gasteiger partial charge in [0.05, 0.1) is 0 Å². The highest BCUT2D eigenvalue weighted by Gasteiger charge is 2.42. The van der Waals surface area contributed by atoms with Crippen LogP contribution < -0.4 is 5.73 Å². The van der Waals surface area contributed by atoms with Crippen molar-refractivity contribution >= 4 is 43.1 Å². The molecule has 0 aliphatic heterocycles. The third kappa shape index (κ3) is 7.07. The minimum Gasteiger partial charge on any atom is -0.398 e. The first-order valence-corrected chi connectivity index (χ1v) is 8.21. The minimum atomic E-state index is -4.45. The van der Waals surface area contributed by atoms with E-state index in [1.54, 1.807) is 7.85 Å². The molecule has 2 N–H and O–H groups in total. The molecule has 1 atom stereocenters. The van der Waals surface area contributed by atoms with Gasteiger partial charge in [0.25, 0.3) is 0 Å². The number of hydrogen-bond donors (Lipinski definition) is 2. The van der Waals surface area contributed by atoms with E-state index < -0.39 is 12.1 Å². The molecule has 0 aliphatic carbocycles. The van der Waals surface area contributed by atoms with Crippen molar-refractivity contribution in [2.45, 2.75) is 20.0 Å². The van der Waals surface area contributed by atoms with E-state index in [2.05, 4.69) is 48.4 Å². The fraction of sp³-hybridized carbons (Fsp3) is 0.250. The number of thiol groups is 1. The smallest absolute Gasteiger partial charge is 0.398 e. The molecule has 0 saturated heterocycles. The quantitative estimate of drug-likeness (QED) is 0.257. The van der Waals surface area contributed by atoms with E-state index in [-0.39, 0.29) is 16.8 Å². The van der Waals surface area contributed by atoms with Crippen molar-refractivity contribution in [1.29, 1.82) is 0 Å². The van der Waals surface area contributed by atoms with Gasteiger partial charge in [0.2, 0.25) is 0 Å². The molecule has 0 saturated carbocycles. The lowest BCUT2D eigenvalue weighted by Gasteiger charge is -2.23. The van der Waals surface area contributed by atoms with Crippen LogP contribution in [0, 0.1) is 5.92 Å². The molecule has 1 unspecified atom stereocenters. The normalized spacial score (nSPS) is 17.2. The van der Waals surface area contributed by atoms with Crippen LogP contribution >= 0.6 is 35.2 Å². The Kier molecular flexibility index (Phi) is 9.13. The Morgan fingerprint density at radius 2 is 1.74 bits per heavy atom. The first-order chi connectivity index (χ1) is 10.4. The summed E-state index contributed by atoms with van der Waals surface area (Å²) in [5.41, 5.74) is 6.76. The molecule has 0 rings (SSSR count). The SMILES string of the molecule is BC(/C=C(\C=C)C(/C(C)=C/C(N)=C(/S)C=C)C(F)(F)F)=C(/C)I. The summed E-state index contributed by atoms with van der Waals surface area (Å²) in [4.78, 5) is 0.327. The number of nitrogens with two attached hydrogens (primary N) is 1. The number of allylic oxidation sites excluding steroid dienone is 8. The maximum absolute atomic E-state index is 13.5. The van der Waals surface area contributed by atoms with E-state index in [1.165, 1.54) is 31.2 Å². The fourth-order valence-electron chi connectivity index (χ4n) is 1.84. The summed E-state index contributed by atoms with van der Waals surface area (Å²) in [7, 11) is 1.76. The van der Waals surface area contributed by atoms with Crippen LogP contribution in [0.5, 0.6) is 0 Å². The molecule has 1 nitrogen and oxygen atoms in total. The van der Waals surface area contributed by atoms with Gasteiger partial charge in [-0.25, -0.2) is 0 Å². The van der Waals surface area contributed by atoms with Crippen molar-refractivity contribution in [2.24, 2.45) is 11.7 Å². The Morgan fingerprint density at radius 3 is 2.09 bits per heavy atom.